The second-order valence-corrected chi connectivity index (χ2v) is 6.38. The minimum atomic E-state index is -0.300. The van der Waals surface area contributed by atoms with Crippen molar-refractivity contribution in [2.45, 2.75) is 30.1 Å². The summed E-state index contributed by atoms with van der Waals surface area (Å²) >= 11 is 3.59. The molecule has 0 aromatic heterocycles. The maximum Gasteiger partial charge on any atom is 0.328 e. The van der Waals surface area contributed by atoms with Crippen LogP contribution in [0.15, 0.2) is 30.3 Å². The number of carbonyl (C=O) groups excluding carboxylic acids is 2. The molecule has 0 bridgehead atoms. The Morgan fingerprint density at radius 3 is 2.63 bits per heavy atom. The minimum Gasteiger partial charge on any atom is -0.334 e. The number of nitrogens with one attached hydrogen (secondary N) is 1. The number of hydrogen-bond acceptors (Lipinski definition) is 2. The molecular weight excluding hydrogens is 308 g/mol. The third-order valence-electron chi connectivity index (χ3n) is 3.85. The van der Waals surface area contributed by atoms with E-state index in [9.17, 15) is 9.59 Å². The molecule has 1 aromatic rings. The van der Waals surface area contributed by atoms with Gasteiger partial charge in [-0.1, -0.05) is 34.1 Å². The van der Waals surface area contributed by atoms with Crippen molar-refractivity contribution in [3.8, 4) is 0 Å². The number of amides is 3. The molecule has 3 rings (SSSR count). The van der Waals surface area contributed by atoms with Crippen LogP contribution in [0.5, 0.6) is 0 Å². The van der Waals surface area contributed by atoms with Crippen molar-refractivity contribution in [1.29, 1.82) is 0 Å². The van der Waals surface area contributed by atoms with E-state index in [0.29, 0.717) is 10.5 Å². The molecule has 100 valence electrons. The predicted octanol–water partition coefficient (Wildman–Crippen LogP) is 2.68. The van der Waals surface area contributed by atoms with Crippen molar-refractivity contribution < 1.29 is 9.59 Å². The van der Waals surface area contributed by atoms with Crippen LogP contribution in [0, 0.1) is 5.92 Å². The SMILES string of the molecule is O=C1NC2CCC(Br)CC2C(=O)N1c1ccccc1. The van der Waals surface area contributed by atoms with Gasteiger partial charge in [0.25, 0.3) is 0 Å². The van der Waals surface area contributed by atoms with Gasteiger partial charge in [-0.3, -0.25) is 4.79 Å². The fourth-order valence-electron chi connectivity index (χ4n) is 2.88. The molecule has 2 aliphatic rings. The first-order valence-corrected chi connectivity index (χ1v) is 7.42. The summed E-state index contributed by atoms with van der Waals surface area (Å²) in [6.45, 7) is 0. The normalized spacial score (nSPS) is 30.8. The van der Waals surface area contributed by atoms with E-state index in [1.54, 1.807) is 12.1 Å². The molecule has 0 radical (unpaired) electrons. The van der Waals surface area contributed by atoms with Crippen LogP contribution in [-0.4, -0.2) is 22.8 Å². The molecular formula is C14H15BrN2O2. The van der Waals surface area contributed by atoms with Crippen molar-refractivity contribution >= 4 is 33.6 Å². The number of halogens is 1. The van der Waals surface area contributed by atoms with Gasteiger partial charge in [0, 0.05) is 10.9 Å². The van der Waals surface area contributed by atoms with Crippen LogP contribution in [0.4, 0.5) is 10.5 Å². The molecule has 1 heterocycles. The van der Waals surface area contributed by atoms with E-state index in [2.05, 4.69) is 21.2 Å². The summed E-state index contributed by atoms with van der Waals surface area (Å²) in [6.07, 6.45) is 2.65. The molecule has 3 atom stereocenters. The Morgan fingerprint density at radius 1 is 1.16 bits per heavy atom. The van der Waals surface area contributed by atoms with Crippen LogP contribution >= 0.6 is 15.9 Å². The molecule has 1 aliphatic heterocycles. The monoisotopic (exact) mass is 322 g/mol. The topological polar surface area (TPSA) is 49.4 Å². The second kappa shape index (κ2) is 4.96. The maximum absolute atomic E-state index is 12.6. The number of carbonyl (C=O) groups is 2. The van der Waals surface area contributed by atoms with Crippen LogP contribution in [-0.2, 0) is 4.79 Å². The van der Waals surface area contributed by atoms with Crippen LogP contribution in [0.2, 0.25) is 0 Å². The first-order chi connectivity index (χ1) is 9.16. The number of rotatable bonds is 1. The van der Waals surface area contributed by atoms with Crippen molar-refractivity contribution in [2.24, 2.45) is 5.92 Å². The third-order valence-corrected chi connectivity index (χ3v) is 4.68. The number of anilines is 1. The van der Waals surface area contributed by atoms with Crippen molar-refractivity contribution in [3.05, 3.63) is 30.3 Å². The summed E-state index contributed by atoms with van der Waals surface area (Å²) in [5, 5.41) is 2.96. The van der Waals surface area contributed by atoms with Crippen LogP contribution in [0.1, 0.15) is 19.3 Å². The smallest absolute Gasteiger partial charge is 0.328 e. The van der Waals surface area contributed by atoms with Gasteiger partial charge in [0.15, 0.2) is 0 Å². The molecule has 1 N–H and O–H groups in total. The highest BCUT2D eigenvalue weighted by Gasteiger charge is 2.44. The number of nitrogens with zero attached hydrogens (tertiary/aromatic N) is 1. The number of alkyl halides is 1. The Hall–Kier alpha value is -1.36. The molecule has 19 heavy (non-hydrogen) atoms. The lowest BCUT2D eigenvalue weighted by Gasteiger charge is -2.41. The van der Waals surface area contributed by atoms with E-state index in [-0.39, 0.29) is 23.9 Å². The summed E-state index contributed by atoms with van der Waals surface area (Å²) in [5.41, 5.74) is 0.639. The zero-order valence-corrected chi connectivity index (χ0v) is 12.0. The number of fused-ring (bicyclic) bond motifs is 1. The molecule has 5 heteroatoms. The summed E-state index contributed by atoms with van der Waals surface area (Å²) in [4.78, 5) is 26.3. The second-order valence-electron chi connectivity index (χ2n) is 5.08. The lowest BCUT2D eigenvalue weighted by Crippen LogP contribution is -2.61. The molecule has 4 nitrogen and oxygen atoms in total. The fourth-order valence-corrected chi connectivity index (χ4v) is 3.54. The van der Waals surface area contributed by atoms with Gasteiger partial charge in [0.1, 0.15) is 0 Å². The lowest BCUT2D eigenvalue weighted by atomic mass is 9.82. The first kappa shape index (κ1) is 12.7. The summed E-state index contributed by atoms with van der Waals surface area (Å²) in [5.74, 6) is -0.194. The van der Waals surface area contributed by atoms with Crippen molar-refractivity contribution in [1.82, 2.24) is 5.32 Å². The lowest BCUT2D eigenvalue weighted by molar-refractivity contribution is -0.124. The number of benzene rings is 1. The Kier molecular flexibility index (Phi) is 3.31. The standard InChI is InChI=1S/C14H15BrN2O2/c15-9-6-7-12-11(8-9)13(18)17(14(19)16-12)10-4-2-1-3-5-10/h1-5,9,11-12H,6-8H2,(H,16,19). The molecule has 1 saturated carbocycles. The fraction of sp³-hybridized carbons (Fsp3) is 0.429. The Morgan fingerprint density at radius 2 is 1.89 bits per heavy atom. The summed E-state index contributed by atoms with van der Waals surface area (Å²) < 4.78 is 0. The van der Waals surface area contributed by atoms with E-state index in [4.69, 9.17) is 0 Å². The highest BCUT2D eigenvalue weighted by molar-refractivity contribution is 9.09. The van der Waals surface area contributed by atoms with Crippen molar-refractivity contribution in [2.75, 3.05) is 4.90 Å². The quantitative estimate of drug-likeness (QED) is 0.808. The van der Waals surface area contributed by atoms with Gasteiger partial charge in [-0.05, 0) is 31.4 Å². The van der Waals surface area contributed by atoms with E-state index in [0.717, 1.165) is 19.3 Å². The molecule has 1 saturated heterocycles. The summed E-state index contributed by atoms with van der Waals surface area (Å²) in [6, 6.07) is 8.79. The van der Waals surface area contributed by atoms with Crippen molar-refractivity contribution in [3.63, 3.8) is 0 Å². The van der Waals surface area contributed by atoms with Crippen LogP contribution in [0.25, 0.3) is 0 Å². The molecule has 2 fully saturated rings. The highest BCUT2D eigenvalue weighted by atomic mass is 79.9. The van der Waals surface area contributed by atoms with Gasteiger partial charge in [0.05, 0.1) is 11.6 Å². The largest absolute Gasteiger partial charge is 0.334 e. The number of imide groups is 1. The zero-order chi connectivity index (χ0) is 13.4. The maximum atomic E-state index is 12.6. The van der Waals surface area contributed by atoms with Gasteiger partial charge >= 0.3 is 6.03 Å². The van der Waals surface area contributed by atoms with Gasteiger partial charge in [-0.25, -0.2) is 9.69 Å². The Bertz CT molecular complexity index is 505. The first-order valence-electron chi connectivity index (χ1n) is 6.50. The molecule has 1 aromatic carbocycles. The molecule has 1 aliphatic carbocycles. The highest BCUT2D eigenvalue weighted by Crippen LogP contribution is 2.34. The molecule has 3 unspecified atom stereocenters. The van der Waals surface area contributed by atoms with Gasteiger partial charge in [-0.2, -0.15) is 0 Å². The molecule has 3 amide bonds. The number of para-hydroxylation sites is 1. The van der Waals surface area contributed by atoms with Gasteiger partial charge in [-0.15, -0.1) is 0 Å². The minimum absolute atomic E-state index is 0.00578. The van der Waals surface area contributed by atoms with Crippen LogP contribution in [0.3, 0.4) is 0 Å². The van der Waals surface area contributed by atoms with E-state index >= 15 is 0 Å². The third kappa shape index (κ3) is 2.27. The average Bonchev–Trinajstić information content (AvgIpc) is 2.41. The zero-order valence-electron chi connectivity index (χ0n) is 10.4. The van der Waals surface area contributed by atoms with E-state index < -0.39 is 0 Å². The van der Waals surface area contributed by atoms with Gasteiger partial charge in [0.2, 0.25) is 5.91 Å². The predicted molar refractivity (Wildman–Crippen MR) is 76.3 cm³/mol. The number of urea groups is 1. The number of hydrogen-bond donors (Lipinski definition) is 1. The summed E-state index contributed by atoms with van der Waals surface area (Å²) in [7, 11) is 0. The molecule has 0 spiro atoms. The Balaban J connectivity index is 1.90. The van der Waals surface area contributed by atoms with Crippen LogP contribution < -0.4 is 10.2 Å². The van der Waals surface area contributed by atoms with Gasteiger partial charge < -0.3 is 5.32 Å². The van der Waals surface area contributed by atoms with E-state index in [1.807, 2.05) is 18.2 Å². The average molecular weight is 323 g/mol. The Labute approximate surface area is 120 Å². The van der Waals surface area contributed by atoms with E-state index in [1.165, 1.54) is 4.90 Å².